The van der Waals surface area contributed by atoms with Gasteiger partial charge in [-0.2, -0.15) is 0 Å². The molecule has 4 aromatic rings. The van der Waals surface area contributed by atoms with Gasteiger partial charge in [0.15, 0.2) is 5.82 Å². The molecule has 1 saturated heterocycles. The highest BCUT2D eigenvalue weighted by Gasteiger charge is 2.41. The normalized spacial score (nSPS) is 21.0. The summed E-state index contributed by atoms with van der Waals surface area (Å²) in [6.45, 7) is 3.54. The summed E-state index contributed by atoms with van der Waals surface area (Å²) in [5, 5.41) is 8.30. The molecule has 2 aliphatic rings. The number of hydrogen-bond acceptors (Lipinski definition) is 8. The summed E-state index contributed by atoms with van der Waals surface area (Å²) in [5.41, 5.74) is 1.74. The summed E-state index contributed by atoms with van der Waals surface area (Å²) in [6, 6.07) is 11.9. The molecule has 0 atom stereocenters. The highest BCUT2D eigenvalue weighted by molar-refractivity contribution is 7.09. The summed E-state index contributed by atoms with van der Waals surface area (Å²) in [4.78, 5) is 31.1. The van der Waals surface area contributed by atoms with E-state index in [0.29, 0.717) is 53.4 Å². The number of thiophene rings is 1. The van der Waals surface area contributed by atoms with E-state index in [1.807, 2.05) is 24.4 Å². The van der Waals surface area contributed by atoms with Gasteiger partial charge >= 0.3 is 0 Å². The number of carbonyl (C=O) groups excluding carboxylic acids is 1. The molecule has 6 rings (SSSR count). The van der Waals surface area contributed by atoms with Gasteiger partial charge in [-0.25, -0.2) is 19.3 Å². The Labute approximate surface area is 229 Å². The molecule has 39 heavy (non-hydrogen) atoms. The van der Waals surface area contributed by atoms with Gasteiger partial charge < -0.3 is 25.1 Å². The van der Waals surface area contributed by atoms with Crippen LogP contribution in [0.15, 0.2) is 54.0 Å². The fraction of sp³-hybridized carbons (Fsp3) is 0.357. The van der Waals surface area contributed by atoms with Crippen molar-refractivity contribution in [3.63, 3.8) is 0 Å². The molecule has 3 N–H and O–H groups in total. The van der Waals surface area contributed by atoms with Crippen LogP contribution in [0.25, 0.3) is 22.6 Å². The van der Waals surface area contributed by atoms with Crippen LogP contribution >= 0.6 is 11.3 Å². The first-order valence-electron chi connectivity index (χ1n) is 12.9. The molecule has 11 heteroatoms. The number of benzene rings is 1. The van der Waals surface area contributed by atoms with E-state index in [2.05, 4.69) is 20.6 Å². The Morgan fingerprint density at radius 2 is 1.95 bits per heavy atom. The lowest BCUT2D eigenvalue weighted by molar-refractivity contribution is -0.231. The van der Waals surface area contributed by atoms with E-state index in [0.717, 1.165) is 0 Å². The maximum atomic E-state index is 13.7. The Kier molecular flexibility index (Phi) is 7.11. The molecule has 0 radical (unpaired) electrons. The monoisotopic (exact) mass is 548 g/mol. The van der Waals surface area contributed by atoms with Crippen molar-refractivity contribution < 1.29 is 18.7 Å². The number of aromatic amines is 1. The Morgan fingerprint density at radius 3 is 2.67 bits per heavy atom. The quantitative estimate of drug-likeness (QED) is 0.272. The maximum Gasteiger partial charge on any atom is 0.230 e. The molecule has 1 aliphatic carbocycles. The Bertz CT molecular complexity index is 1430. The molecule has 9 nitrogen and oxygen atoms in total. The Balaban J connectivity index is 1.24. The Hall–Kier alpha value is -3.67. The van der Waals surface area contributed by atoms with Crippen LogP contribution in [0.3, 0.4) is 0 Å². The van der Waals surface area contributed by atoms with E-state index in [1.165, 1.54) is 29.9 Å². The summed E-state index contributed by atoms with van der Waals surface area (Å²) in [5.74, 6) is 1.10. The minimum absolute atomic E-state index is 0.0662. The number of aromatic nitrogens is 4. The summed E-state index contributed by atoms with van der Waals surface area (Å²) >= 11 is 1.65. The van der Waals surface area contributed by atoms with Gasteiger partial charge in [0.2, 0.25) is 18.1 Å². The number of hydrogen-bond donors (Lipinski definition) is 3. The van der Waals surface area contributed by atoms with Gasteiger partial charge in [0.25, 0.3) is 0 Å². The van der Waals surface area contributed by atoms with E-state index in [-0.39, 0.29) is 24.9 Å². The lowest BCUT2D eigenvalue weighted by Gasteiger charge is -2.35. The third-order valence-electron chi connectivity index (χ3n) is 6.88. The number of amides is 1. The van der Waals surface area contributed by atoms with Crippen molar-refractivity contribution in [1.29, 1.82) is 0 Å². The predicted octanol–water partition coefficient (Wildman–Crippen LogP) is 4.92. The van der Waals surface area contributed by atoms with E-state index in [9.17, 15) is 9.18 Å². The zero-order valence-electron chi connectivity index (χ0n) is 21.4. The summed E-state index contributed by atoms with van der Waals surface area (Å²) in [6.07, 6.45) is 3.22. The van der Waals surface area contributed by atoms with Crippen molar-refractivity contribution in [3.8, 4) is 22.6 Å². The first-order valence-corrected chi connectivity index (χ1v) is 13.8. The van der Waals surface area contributed by atoms with Crippen molar-refractivity contribution in [1.82, 2.24) is 25.3 Å². The van der Waals surface area contributed by atoms with Crippen LogP contribution in [0.1, 0.15) is 36.8 Å². The molecule has 0 unspecified atom stereocenters. The summed E-state index contributed by atoms with van der Waals surface area (Å²) < 4.78 is 25.7. The second kappa shape index (κ2) is 10.8. The first kappa shape index (κ1) is 25.6. The van der Waals surface area contributed by atoms with Gasteiger partial charge in [-0.3, -0.25) is 4.79 Å². The second-order valence-electron chi connectivity index (χ2n) is 10.2. The third-order valence-corrected chi connectivity index (χ3v) is 7.75. The molecule has 2 fully saturated rings. The largest absolute Gasteiger partial charge is 0.355 e. The molecular formula is C28H29FN6O3S. The van der Waals surface area contributed by atoms with E-state index >= 15 is 0 Å². The number of nitrogens with one attached hydrogen (secondary N) is 3. The zero-order chi connectivity index (χ0) is 26.8. The van der Waals surface area contributed by atoms with Crippen LogP contribution in [0.2, 0.25) is 0 Å². The van der Waals surface area contributed by atoms with Crippen molar-refractivity contribution in [3.05, 3.63) is 70.6 Å². The third kappa shape index (κ3) is 5.85. The number of ether oxygens (including phenoxy) is 2. The van der Waals surface area contributed by atoms with Crippen LogP contribution in [-0.4, -0.2) is 45.6 Å². The van der Waals surface area contributed by atoms with Crippen LogP contribution in [-0.2, 0) is 20.8 Å². The van der Waals surface area contributed by atoms with Gasteiger partial charge in [-0.05, 0) is 67.5 Å². The molecule has 0 spiro atoms. The minimum atomic E-state index is -0.791. The molecular weight excluding hydrogens is 519 g/mol. The molecule has 1 aromatic carbocycles. The average molecular weight is 549 g/mol. The first-order chi connectivity index (χ1) is 19.0. The highest BCUT2D eigenvalue weighted by Crippen LogP contribution is 2.36. The molecule has 3 aromatic heterocycles. The van der Waals surface area contributed by atoms with Crippen molar-refractivity contribution in [2.45, 2.75) is 32.6 Å². The van der Waals surface area contributed by atoms with Gasteiger partial charge in [-0.1, -0.05) is 6.07 Å². The lowest BCUT2D eigenvalue weighted by Crippen LogP contribution is -2.49. The number of nitrogens with zero attached hydrogens (tertiary/aromatic N) is 3. The SMILES string of the molecule is CC1(C(=O)NCC2CC2)COC(c2nc(-c3ccc(F)cc3)c(-c3ccnc(NCc4cccs4)n3)[nH]2)OC1. The van der Waals surface area contributed by atoms with E-state index in [1.54, 1.807) is 35.7 Å². The van der Waals surface area contributed by atoms with Crippen LogP contribution in [0.4, 0.5) is 10.3 Å². The lowest BCUT2D eigenvalue weighted by atomic mass is 9.91. The fourth-order valence-electron chi connectivity index (χ4n) is 4.34. The smallest absolute Gasteiger partial charge is 0.230 e. The van der Waals surface area contributed by atoms with Crippen LogP contribution in [0.5, 0.6) is 0 Å². The number of carbonyl (C=O) groups is 1. The van der Waals surface area contributed by atoms with Gasteiger partial charge in [-0.15, -0.1) is 11.3 Å². The standard InChI is InChI=1S/C28H29FN6O3S/c1-28(26(36)31-13-17-4-5-17)15-37-25(38-16-28)24-34-22(18-6-8-19(29)9-7-18)23(35-24)21-10-11-30-27(33-21)32-14-20-3-2-12-39-20/h2-3,6-12,17,25H,4-5,13-16H2,1H3,(H,31,36)(H,34,35)(H,30,32,33). The highest BCUT2D eigenvalue weighted by atomic mass is 32.1. The van der Waals surface area contributed by atoms with Gasteiger partial charge in [0, 0.05) is 23.2 Å². The number of anilines is 1. The fourth-order valence-corrected chi connectivity index (χ4v) is 4.98. The molecule has 1 aliphatic heterocycles. The summed E-state index contributed by atoms with van der Waals surface area (Å²) in [7, 11) is 0. The number of H-pyrrole nitrogens is 1. The van der Waals surface area contributed by atoms with E-state index < -0.39 is 11.7 Å². The molecule has 1 amide bonds. The number of halogens is 1. The van der Waals surface area contributed by atoms with Crippen LogP contribution in [0, 0.1) is 17.2 Å². The number of imidazole rings is 1. The van der Waals surface area contributed by atoms with Crippen molar-refractivity contribution in [2.75, 3.05) is 25.1 Å². The van der Waals surface area contributed by atoms with Crippen molar-refractivity contribution >= 4 is 23.2 Å². The van der Waals surface area contributed by atoms with E-state index in [4.69, 9.17) is 19.4 Å². The molecule has 0 bridgehead atoms. The number of rotatable bonds is 9. The Morgan fingerprint density at radius 1 is 1.15 bits per heavy atom. The van der Waals surface area contributed by atoms with Crippen molar-refractivity contribution in [2.24, 2.45) is 11.3 Å². The predicted molar refractivity (Wildman–Crippen MR) is 145 cm³/mol. The molecule has 4 heterocycles. The maximum absolute atomic E-state index is 13.7. The van der Waals surface area contributed by atoms with Gasteiger partial charge in [0.1, 0.15) is 5.82 Å². The average Bonchev–Trinajstić information content (AvgIpc) is 3.43. The minimum Gasteiger partial charge on any atom is -0.355 e. The molecule has 202 valence electrons. The van der Waals surface area contributed by atoms with Crippen LogP contribution < -0.4 is 10.6 Å². The van der Waals surface area contributed by atoms with Gasteiger partial charge in [0.05, 0.1) is 42.3 Å². The zero-order valence-corrected chi connectivity index (χ0v) is 22.3. The topological polar surface area (TPSA) is 114 Å². The molecule has 1 saturated carbocycles. The second-order valence-corrected chi connectivity index (χ2v) is 11.3.